The molecular formula is C12H14N2O4. The van der Waals surface area contributed by atoms with E-state index in [1.807, 2.05) is 4.90 Å². The molecule has 0 aromatic heterocycles. The highest BCUT2D eigenvalue weighted by atomic mass is 16.6. The predicted octanol–water partition coefficient (Wildman–Crippen LogP) is 1.77. The quantitative estimate of drug-likeness (QED) is 0.604. The molecule has 1 saturated heterocycles. The number of carbonyl (C=O) groups excluding carboxylic acids is 1. The van der Waals surface area contributed by atoms with E-state index in [0.29, 0.717) is 31.6 Å². The van der Waals surface area contributed by atoms with E-state index in [9.17, 15) is 14.9 Å². The van der Waals surface area contributed by atoms with Crippen LogP contribution in [0, 0.1) is 10.1 Å². The normalized spacial score (nSPS) is 15.6. The maximum Gasteiger partial charge on any atom is 0.333 e. The standard InChI is InChI=1S/C12H14N2O4/c1-18-11-4-2-3-10(12(11)14(16)17)13-7-5-9(15)6-8-13/h2-4H,5-8H2,1H3. The first-order valence-corrected chi connectivity index (χ1v) is 5.71. The van der Waals surface area contributed by atoms with Crippen LogP contribution in [0.1, 0.15) is 12.8 Å². The molecule has 0 atom stereocenters. The van der Waals surface area contributed by atoms with Crippen LogP contribution in [0.4, 0.5) is 11.4 Å². The Bertz CT molecular complexity index is 477. The van der Waals surface area contributed by atoms with Crippen LogP contribution < -0.4 is 9.64 Å². The fraction of sp³-hybridized carbons (Fsp3) is 0.417. The van der Waals surface area contributed by atoms with Gasteiger partial charge in [-0.15, -0.1) is 0 Å². The second-order valence-electron chi connectivity index (χ2n) is 4.11. The summed E-state index contributed by atoms with van der Waals surface area (Å²) in [6, 6.07) is 4.98. The number of nitro benzene ring substituents is 1. The van der Waals surface area contributed by atoms with Crippen molar-refractivity contribution in [3.63, 3.8) is 0 Å². The number of ether oxygens (including phenoxy) is 1. The van der Waals surface area contributed by atoms with Crippen molar-refractivity contribution in [3.8, 4) is 5.75 Å². The van der Waals surface area contributed by atoms with Gasteiger partial charge in [-0.2, -0.15) is 0 Å². The van der Waals surface area contributed by atoms with Gasteiger partial charge in [0.1, 0.15) is 11.5 Å². The summed E-state index contributed by atoms with van der Waals surface area (Å²) in [5, 5.41) is 11.1. The fourth-order valence-corrected chi connectivity index (χ4v) is 2.11. The number of hydrogen-bond acceptors (Lipinski definition) is 5. The smallest absolute Gasteiger partial charge is 0.333 e. The van der Waals surface area contributed by atoms with E-state index in [1.165, 1.54) is 7.11 Å². The van der Waals surface area contributed by atoms with Gasteiger partial charge in [-0.1, -0.05) is 6.07 Å². The molecule has 18 heavy (non-hydrogen) atoms. The summed E-state index contributed by atoms with van der Waals surface area (Å²) in [4.78, 5) is 23.8. The van der Waals surface area contributed by atoms with Gasteiger partial charge in [0, 0.05) is 25.9 Å². The number of benzene rings is 1. The van der Waals surface area contributed by atoms with E-state index in [4.69, 9.17) is 4.74 Å². The van der Waals surface area contributed by atoms with E-state index in [2.05, 4.69) is 0 Å². The van der Waals surface area contributed by atoms with Crippen molar-refractivity contribution in [2.24, 2.45) is 0 Å². The number of methoxy groups -OCH3 is 1. The second kappa shape index (κ2) is 5.03. The molecule has 1 aliphatic rings. The largest absolute Gasteiger partial charge is 0.490 e. The number of carbonyl (C=O) groups is 1. The number of nitro groups is 1. The molecule has 6 heteroatoms. The molecular weight excluding hydrogens is 236 g/mol. The van der Waals surface area contributed by atoms with Gasteiger partial charge in [-0.05, 0) is 12.1 Å². The lowest BCUT2D eigenvalue weighted by atomic mass is 10.1. The van der Waals surface area contributed by atoms with Crippen LogP contribution >= 0.6 is 0 Å². The van der Waals surface area contributed by atoms with E-state index in [1.54, 1.807) is 18.2 Å². The fourth-order valence-electron chi connectivity index (χ4n) is 2.11. The van der Waals surface area contributed by atoms with Crippen LogP contribution in [-0.4, -0.2) is 30.9 Å². The zero-order valence-corrected chi connectivity index (χ0v) is 10.1. The summed E-state index contributed by atoms with van der Waals surface area (Å²) in [5.74, 6) is 0.450. The van der Waals surface area contributed by atoms with E-state index < -0.39 is 4.92 Å². The Morgan fingerprint density at radius 3 is 2.56 bits per heavy atom. The molecule has 0 bridgehead atoms. The third kappa shape index (κ3) is 2.27. The molecule has 0 saturated carbocycles. The van der Waals surface area contributed by atoms with Crippen LogP contribution in [0.25, 0.3) is 0 Å². The third-order valence-electron chi connectivity index (χ3n) is 3.04. The van der Waals surface area contributed by atoms with Crippen molar-refractivity contribution in [1.29, 1.82) is 0 Å². The van der Waals surface area contributed by atoms with E-state index in [0.717, 1.165) is 0 Å². The topological polar surface area (TPSA) is 72.7 Å². The molecule has 0 unspecified atom stereocenters. The molecule has 6 nitrogen and oxygen atoms in total. The summed E-state index contributed by atoms with van der Waals surface area (Å²) >= 11 is 0. The van der Waals surface area contributed by atoms with Gasteiger partial charge in [0.05, 0.1) is 12.0 Å². The van der Waals surface area contributed by atoms with Crippen molar-refractivity contribution in [2.75, 3.05) is 25.1 Å². The van der Waals surface area contributed by atoms with Gasteiger partial charge in [0.2, 0.25) is 0 Å². The Labute approximate surface area is 104 Å². The highest BCUT2D eigenvalue weighted by molar-refractivity contribution is 5.82. The second-order valence-corrected chi connectivity index (χ2v) is 4.11. The summed E-state index contributed by atoms with van der Waals surface area (Å²) in [5.41, 5.74) is 0.487. The van der Waals surface area contributed by atoms with Crippen LogP contribution in [0.3, 0.4) is 0 Å². The van der Waals surface area contributed by atoms with Crippen molar-refractivity contribution >= 4 is 17.2 Å². The molecule has 2 rings (SSSR count). The van der Waals surface area contributed by atoms with Gasteiger partial charge in [0.15, 0.2) is 5.75 Å². The lowest BCUT2D eigenvalue weighted by Gasteiger charge is -2.27. The summed E-state index contributed by atoms with van der Waals surface area (Å²) in [6.07, 6.45) is 0.878. The summed E-state index contributed by atoms with van der Waals surface area (Å²) < 4.78 is 5.02. The number of ketones is 1. The minimum atomic E-state index is -0.440. The van der Waals surface area contributed by atoms with Gasteiger partial charge in [-0.25, -0.2) is 0 Å². The van der Waals surface area contributed by atoms with E-state index >= 15 is 0 Å². The lowest BCUT2D eigenvalue weighted by Crippen LogP contribution is -2.34. The van der Waals surface area contributed by atoms with Crippen molar-refractivity contribution in [1.82, 2.24) is 0 Å². The highest BCUT2D eigenvalue weighted by Gasteiger charge is 2.26. The lowest BCUT2D eigenvalue weighted by molar-refractivity contribution is -0.385. The zero-order valence-electron chi connectivity index (χ0n) is 10.1. The molecule has 1 fully saturated rings. The average Bonchev–Trinajstić information content (AvgIpc) is 2.38. The number of piperidine rings is 1. The Hall–Kier alpha value is -2.11. The maximum absolute atomic E-state index is 11.2. The minimum absolute atomic E-state index is 0.0330. The predicted molar refractivity (Wildman–Crippen MR) is 66.1 cm³/mol. The minimum Gasteiger partial charge on any atom is -0.490 e. The van der Waals surface area contributed by atoms with Gasteiger partial charge in [0.25, 0.3) is 0 Å². The average molecular weight is 250 g/mol. The number of hydrogen-bond donors (Lipinski definition) is 0. The molecule has 1 aliphatic heterocycles. The maximum atomic E-state index is 11.2. The first kappa shape index (κ1) is 12.3. The molecule has 1 heterocycles. The first-order valence-electron chi connectivity index (χ1n) is 5.71. The molecule has 1 aromatic rings. The van der Waals surface area contributed by atoms with Gasteiger partial charge in [-0.3, -0.25) is 14.9 Å². The van der Waals surface area contributed by atoms with Crippen LogP contribution in [0.2, 0.25) is 0 Å². The SMILES string of the molecule is COc1cccc(N2CCC(=O)CC2)c1[N+](=O)[O-]. The van der Waals surface area contributed by atoms with Crippen LogP contribution in [0.5, 0.6) is 5.75 Å². The van der Waals surface area contributed by atoms with E-state index in [-0.39, 0.29) is 17.2 Å². The van der Waals surface area contributed by atoms with Crippen molar-refractivity contribution in [2.45, 2.75) is 12.8 Å². The molecule has 1 aromatic carbocycles. The Morgan fingerprint density at radius 2 is 2.00 bits per heavy atom. The van der Waals surface area contributed by atoms with Crippen LogP contribution in [0.15, 0.2) is 18.2 Å². The summed E-state index contributed by atoms with van der Waals surface area (Å²) in [7, 11) is 1.41. The monoisotopic (exact) mass is 250 g/mol. The van der Waals surface area contributed by atoms with Crippen molar-refractivity contribution in [3.05, 3.63) is 28.3 Å². The number of anilines is 1. The highest BCUT2D eigenvalue weighted by Crippen LogP contribution is 2.37. The van der Waals surface area contributed by atoms with Crippen molar-refractivity contribution < 1.29 is 14.5 Å². The number of para-hydroxylation sites is 1. The van der Waals surface area contributed by atoms with Crippen LogP contribution in [-0.2, 0) is 4.79 Å². The molecule has 0 N–H and O–H groups in total. The first-order chi connectivity index (χ1) is 8.63. The Morgan fingerprint density at radius 1 is 1.33 bits per heavy atom. The molecule has 0 amide bonds. The molecule has 0 aliphatic carbocycles. The van der Waals surface area contributed by atoms with Gasteiger partial charge >= 0.3 is 5.69 Å². The number of Topliss-reactive ketones (excluding diaryl/α,β-unsaturated/α-hetero) is 1. The number of rotatable bonds is 3. The zero-order chi connectivity index (χ0) is 13.1. The third-order valence-corrected chi connectivity index (χ3v) is 3.04. The molecule has 96 valence electrons. The Balaban J connectivity index is 2.37. The number of nitrogens with zero attached hydrogens (tertiary/aromatic N) is 2. The molecule has 0 spiro atoms. The Kier molecular flexibility index (Phi) is 3.45. The molecule has 0 radical (unpaired) electrons. The summed E-state index contributed by atoms with van der Waals surface area (Å²) in [6.45, 7) is 1.04. The van der Waals surface area contributed by atoms with Gasteiger partial charge < -0.3 is 9.64 Å².